The fourth-order valence-corrected chi connectivity index (χ4v) is 2.99. The van der Waals surface area contributed by atoms with E-state index in [0.717, 1.165) is 10.5 Å². The third-order valence-electron chi connectivity index (χ3n) is 3.39. The van der Waals surface area contributed by atoms with Gasteiger partial charge in [0.1, 0.15) is 0 Å². The number of nitrogens with one attached hydrogen (secondary N) is 1. The molecule has 0 aliphatic heterocycles. The summed E-state index contributed by atoms with van der Waals surface area (Å²) in [5, 5.41) is 2.76. The number of benzene rings is 2. The Hall–Kier alpha value is -2.28. The summed E-state index contributed by atoms with van der Waals surface area (Å²) in [5.41, 5.74) is 1.76. The standard InChI is InChI=1S/C18H19F2NO3S/c1-12-5-3-4-6-16(12)25-11-17(22)21-10-13-7-8-14(23-2)15(9-13)24-18(19)20/h3-9,18H,10-11H2,1-2H3,(H,21,22). The number of amides is 1. The number of rotatable bonds is 8. The number of alkyl halides is 2. The number of methoxy groups -OCH3 is 1. The molecule has 0 radical (unpaired) electrons. The molecule has 0 aliphatic carbocycles. The molecule has 2 aromatic carbocycles. The van der Waals surface area contributed by atoms with E-state index in [1.807, 2.05) is 31.2 Å². The molecule has 0 fully saturated rings. The summed E-state index contributed by atoms with van der Waals surface area (Å²) in [6, 6.07) is 12.5. The van der Waals surface area contributed by atoms with Gasteiger partial charge in [0, 0.05) is 11.4 Å². The molecule has 0 saturated carbocycles. The first-order chi connectivity index (χ1) is 12.0. The van der Waals surface area contributed by atoms with Crippen LogP contribution in [0.3, 0.4) is 0 Å². The van der Waals surface area contributed by atoms with Crippen LogP contribution < -0.4 is 14.8 Å². The third kappa shape index (κ3) is 5.94. The van der Waals surface area contributed by atoms with Gasteiger partial charge in [0.25, 0.3) is 0 Å². The maximum absolute atomic E-state index is 12.4. The van der Waals surface area contributed by atoms with E-state index in [1.165, 1.54) is 31.0 Å². The van der Waals surface area contributed by atoms with Crippen molar-refractivity contribution in [1.82, 2.24) is 5.32 Å². The van der Waals surface area contributed by atoms with Gasteiger partial charge in [0.2, 0.25) is 5.91 Å². The first kappa shape index (κ1) is 19.1. The van der Waals surface area contributed by atoms with Gasteiger partial charge in [0.15, 0.2) is 11.5 Å². The van der Waals surface area contributed by atoms with Gasteiger partial charge in [-0.3, -0.25) is 4.79 Å². The van der Waals surface area contributed by atoms with Gasteiger partial charge in [-0.15, -0.1) is 11.8 Å². The minimum absolute atomic E-state index is 0.0569. The van der Waals surface area contributed by atoms with E-state index in [9.17, 15) is 13.6 Å². The largest absolute Gasteiger partial charge is 0.493 e. The predicted octanol–water partition coefficient (Wildman–Crippen LogP) is 4.01. The lowest BCUT2D eigenvalue weighted by molar-refractivity contribution is -0.118. The summed E-state index contributed by atoms with van der Waals surface area (Å²) in [5.74, 6) is 0.297. The number of carbonyl (C=O) groups excluding carboxylic acids is 1. The van der Waals surface area contributed by atoms with Crippen molar-refractivity contribution in [3.05, 3.63) is 53.6 Å². The number of thioether (sulfide) groups is 1. The monoisotopic (exact) mass is 367 g/mol. The van der Waals surface area contributed by atoms with Crippen LogP contribution in [-0.2, 0) is 11.3 Å². The molecule has 0 heterocycles. The number of aryl methyl sites for hydroxylation is 1. The molecule has 0 saturated heterocycles. The van der Waals surface area contributed by atoms with Crippen LogP contribution in [0.1, 0.15) is 11.1 Å². The van der Waals surface area contributed by atoms with Crippen molar-refractivity contribution in [2.24, 2.45) is 0 Å². The lowest BCUT2D eigenvalue weighted by atomic mass is 10.2. The van der Waals surface area contributed by atoms with Crippen LogP contribution in [0.5, 0.6) is 11.5 Å². The number of hydrogen-bond donors (Lipinski definition) is 1. The smallest absolute Gasteiger partial charge is 0.387 e. The molecule has 0 atom stereocenters. The normalized spacial score (nSPS) is 10.6. The summed E-state index contributed by atoms with van der Waals surface area (Å²) in [6.45, 7) is -0.733. The van der Waals surface area contributed by atoms with E-state index in [2.05, 4.69) is 10.1 Å². The van der Waals surface area contributed by atoms with Crippen LogP contribution in [0.2, 0.25) is 0 Å². The Morgan fingerprint density at radius 1 is 1.20 bits per heavy atom. The highest BCUT2D eigenvalue weighted by Gasteiger charge is 2.12. The number of hydrogen-bond acceptors (Lipinski definition) is 4. The Labute approximate surface area is 149 Å². The highest BCUT2D eigenvalue weighted by Crippen LogP contribution is 2.29. The van der Waals surface area contributed by atoms with E-state index in [1.54, 1.807) is 6.07 Å². The van der Waals surface area contributed by atoms with Crippen molar-refractivity contribution in [3.63, 3.8) is 0 Å². The van der Waals surface area contributed by atoms with Crippen LogP contribution in [-0.4, -0.2) is 25.4 Å². The molecule has 2 rings (SSSR count). The van der Waals surface area contributed by atoms with Gasteiger partial charge in [0.05, 0.1) is 12.9 Å². The Kier molecular flexibility index (Phi) is 7.06. The molecule has 134 valence electrons. The summed E-state index contributed by atoms with van der Waals surface area (Å²) < 4.78 is 34.3. The van der Waals surface area contributed by atoms with Crippen molar-refractivity contribution < 1.29 is 23.0 Å². The van der Waals surface area contributed by atoms with Crippen molar-refractivity contribution >= 4 is 17.7 Å². The molecular formula is C18H19F2NO3S. The quantitative estimate of drug-likeness (QED) is 0.716. The van der Waals surface area contributed by atoms with Crippen molar-refractivity contribution in [2.75, 3.05) is 12.9 Å². The van der Waals surface area contributed by atoms with Gasteiger partial charge >= 0.3 is 6.61 Å². The second-order valence-electron chi connectivity index (χ2n) is 5.19. The third-order valence-corrected chi connectivity index (χ3v) is 4.56. The molecule has 1 amide bonds. The fourth-order valence-electron chi connectivity index (χ4n) is 2.13. The number of carbonyl (C=O) groups is 1. The van der Waals surface area contributed by atoms with E-state index in [-0.39, 0.29) is 29.7 Å². The van der Waals surface area contributed by atoms with E-state index < -0.39 is 6.61 Å². The topological polar surface area (TPSA) is 47.6 Å². The molecular weight excluding hydrogens is 348 g/mol. The minimum atomic E-state index is -2.94. The molecule has 0 unspecified atom stereocenters. The van der Waals surface area contributed by atoms with Crippen LogP contribution in [0, 0.1) is 6.92 Å². The average Bonchev–Trinajstić information content (AvgIpc) is 2.59. The molecule has 0 bridgehead atoms. The van der Waals surface area contributed by atoms with Gasteiger partial charge in [-0.25, -0.2) is 0 Å². The summed E-state index contributed by atoms with van der Waals surface area (Å²) in [7, 11) is 1.37. The Bertz CT molecular complexity index is 725. The molecule has 25 heavy (non-hydrogen) atoms. The van der Waals surface area contributed by atoms with Crippen LogP contribution in [0.25, 0.3) is 0 Å². The zero-order valence-electron chi connectivity index (χ0n) is 13.9. The summed E-state index contributed by atoms with van der Waals surface area (Å²) in [6.07, 6.45) is 0. The van der Waals surface area contributed by atoms with Crippen molar-refractivity contribution in [3.8, 4) is 11.5 Å². The average molecular weight is 367 g/mol. The summed E-state index contributed by atoms with van der Waals surface area (Å²) in [4.78, 5) is 13.0. The highest BCUT2D eigenvalue weighted by molar-refractivity contribution is 8.00. The van der Waals surface area contributed by atoms with Crippen LogP contribution >= 0.6 is 11.8 Å². The Morgan fingerprint density at radius 3 is 2.64 bits per heavy atom. The fraction of sp³-hybridized carbons (Fsp3) is 0.278. The van der Waals surface area contributed by atoms with Gasteiger partial charge in [-0.1, -0.05) is 24.3 Å². The predicted molar refractivity (Wildman–Crippen MR) is 93.4 cm³/mol. The maximum atomic E-state index is 12.4. The van der Waals surface area contributed by atoms with Crippen molar-refractivity contribution in [1.29, 1.82) is 0 Å². The van der Waals surface area contributed by atoms with E-state index in [4.69, 9.17) is 4.74 Å². The molecule has 0 aromatic heterocycles. The zero-order valence-corrected chi connectivity index (χ0v) is 14.7. The van der Waals surface area contributed by atoms with Gasteiger partial charge in [-0.05, 0) is 36.2 Å². The van der Waals surface area contributed by atoms with Gasteiger partial charge in [-0.2, -0.15) is 8.78 Å². The molecule has 1 N–H and O–H groups in total. The zero-order chi connectivity index (χ0) is 18.2. The van der Waals surface area contributed by atoms with Crippen LogP contribution in [0.4, 0.5) is 8.78 Å². The summed E-state index contributed by atoms with van der Waals surface area (Å²) >= 11 is 1.45. The second kappa shape index (κ2) is 9.27. The minimum Gasteiger partial charge on any atom is -0.493 e. The van der Waals surface area contributed by atoms with E-state index in [0.29, 0.717) is 5.56 Å². The number of ether oxygens (including phenoxy) is 2. The lowest BCUT2D eigenvalue weighted by Gasteiger charge is -2.12. The number of halogens is 2. The molecule has 0 spiro atoms. The van der Waals surface area contributed by atoms with Crippen LogP contribution in [0.15, 0.2) is 47.4 Å². The SMILES string of the molecule is COc1ccc(CNC(=O)CSc2ccccc2C)cc1OC(F)F. The van der Waals surface area contributed by atoms with E-state index >= 15 is 0 Å². The van der Waals surface area contributed by atoms with Gasteiger partial charge < -0.3 is 14.8 Å². The first-order valence-corrected chi connectivity index (χ1v) is 8.55. The molecule has 4 nitrogen and oxygen atoms in total. The molecule has 2 aromatic rings. The Balaban J connectivity index is 1.89. The Morgan fingerprint density at radius 2 is 1.96 bits per heavy atom. The van der Waals surface area contributed by atoms with Crippen molar-refractivity contribution in [2.45, 2.75) is 25.0 Å². The molecule has 0 aliphatic rings. The second-order valence-corrected chi connectivity index (χ2v) is 6.21. The maximum Gasteiger partial charge on any atom is 0.387 e. The lowest BCUT2D eigenvalue weighted by Crippen LogP contribution is -2.24. The first-order valence-electron chi connectivity index (χ1n) is 7.56. The highest BCUT2D eigenvalue weighted by atomic mass is 32.2. The molecule has 7 heteroatoms.